The van der Waals surface area contributed by atoms with Crippen LogP contribution in [-0.4, -0.2) is 18.0 Å². The number of thiazole rings is 1. The van der Waals surface area contributed by atoms with Crippen molar-refractivity contribution >= 4 is 34.0 Å². The molecule has 3 aromatic rings. The molecule has 0 aliphatic heterocycles. The van der Waals surface area contributed by atoms with E-state index in [0.717, 1.165) is 28.2 Å². The number of hydrogen-bond donors (Lipinski definition) is 1. The minimum atomic E-state index is -0.100. The second-order valence-electron chi connectivity index (χ2n) is 5.51. The van der Waals surface area contributed by atoms with Gasteiger partial charge >= 0.3 is 0 Å². The first-order valence-corrected chi connectivity index (χ1v) is 8.94. The molecule has 0 saturated carbocycles. The van der Waals surface area contributed by atoms with E-state index in [2.05, 4.69) is 10.3 Å². The third-order valence-corrected chi connectivity index (χ3v) is 4.71. The second-order valence-corrected chi connectivity index (χ2v) is 7.07. The Morgan fingerprint density at radius 1 is 1.20 bits per heavy atom. The van der Waals surface area contributed by atoms with Crippen molar-refractivity contribution in [2.24, 2.45) is 0 Å². The molecule has 1 heterocycles. The Bertz CT molecular complexity index is 879. The van der Waals surface area contributed by atoms with E-state index in [0.29, 0.717) is 10.2 Å². The molecule has 0 unspecified atom stereocenters. The summed E-state index contributed by atoms with van der Waals surface area (Å²) in [4.78, 5) is 17.5. The highest BCUT2D eigenvalue weighted by Crippen LogP contribution is 2.23. The number of hydrogen-bond acceptors (Lipinski definition) is 4. The van der Waals surface area contributed by atoms with Crippen molar-refractivity contribution in [2.45, 2.75) is 12.8 Å². The molecule has 2 aromatic carbocycles. The number of benzene rings is 2. The molecule has 128 valence electrons. The summed E-state index contributed by atoms with van der Waals surface area (Å²) in [5, 5.41) is 4.17. The molecule has 1 amide bonds. The van der Waals surface area contributed by atoms with Crippen LogP contribution in [0, 0.1) is 0 Å². The molecular weight excluding hydrogens is 356 g/mol. The number of carbonyl (C=O) groups excluding carboxylic acids is 1. The van der Waals surface area contributed by atoms with Crippen LogP contribution in [0.3, 0.4) is 0 Å². The first-order valence-electron chi connectivity index (χ1n) is 7.74. The fourth-order valence-electron chi connectivity index (χ4n) is 2.43. The summed E-state index contributed by atoms with van der Waals surface area (Å²) in [6.45, 7) is 0. The minimum Gasteiger partial charge on any atom is -0.497 e. The van der Waals surface area contributed by atoms with Crippen molar-refractivity contribution in [3.05, 3.63) is 75.8 Å². The van der Waals surface area contributed by atoms with Crippen LogP contribution in [0.2, 0.25) is 5.02 Å². The van der Waals surface area contributed by atoms with Crippen molar-refractivity contribution in [2.75, 3.05) is 12.4 Å². The Morgan fingerprint density at radius 2 is 2.00 bits per heavy atom. The summed E-state index contributed by atoms with van der Waals surface area (Å²) < 4.78 is 5.17. The zero-order valence-electron chi connectivity index (χ0n) is 13.7. The standard InChI is InChI=1S/C19H17ClN2O2S/c1-24-16-7-3-5-14(9-16)11-18(23)22-19-21-12-17(25-19)10-13-4-2-6-15(20)8-13/h2-9,12H,10-11H2,1H3,(H,21,22,23). The maximum atomic E-state index is 12.2. The molecule has 0 radical (unpaired) electrons. The highest BCUT2D eigenvalue weighted by molar-refractivity contribution is 7.15. The molecule has 0 fully saturated rings. The molecule has 6 heteroatoms. The van der Waals surface area contributed by atoms with Crippen molar-refractivity contribution < 1.29 is 9.53 Å². The lowest BCUT2D eigenvalue weighted by atomic mass is 10.1. The van der Waals surface area contributed by atoms with Crippen molar-refractivity contribution in [1.82, 2.24) is 4.98 Å². The van der Waals surface area contributed by atoms with Gasteiger partial charge in [-0.3, -0.25) is 4.79 Å². The SMILES string of the molecule is COc1cccc(CC(=O)Nc2ncc(Cc3cccc(Cl)c3)s2)c1. The molecule has 0 bridgehead atoms. The van der Waals surface area contributed by atoms with Crippen molar-refractivity contribution in [3.8, 4) is 5.75 Å². The molecule has 4 nitrogen and oxygen atoms in total. The van der Waals surface area contributed by atoms with Gasteiger partial charge in [0.25, 0.3) is 0 Å². The zero-order chi connectivity index (χ0) is 17.6. The lowest BCUT2D eigenvalue weighted by Crippen LogP contribution is -2.14. The summed E-state index contributed by atoms with van der Waals surface area (Å²) in [5.41, 5.74) is 2.01. The second kappa shape index (κ2) is 8.14. The van der Waals surface area contributed by atoms with Crippen LogP contribution in [-0.2, 0) is 17.6 Å². The summed E-state index contributed by atoms with van der Waals surface area (Å²) in [6, 6.07) is 15.2. The largest absolute Gasteiger partial charge is 0.497 e. The predicted molar refractivity (Wildman–Crippen MR) is 102 cm³/mol. The molecule has 1 N–H and O–H groups in total. The van der Waals surface area contributed by atoms with Gasteiger partial charge in [-0.05, 0) is 35.4 Å². The Kier molecular flexibility index (Phi) is 5.68. The normalized spacial score (nSPS) is 10.5. The molecule has 0 atom stereocenters. The van der Waals surface area contributed by atoms with E-state index in [1.54, 1.807) is 13.3 Å². The highest BCUT2D eigenvalue weighted by atomic mass is 35.5. The van der Waals surface area contributed by atoms with Gasteiger partial charge in [0.05, 0.1) is 13.5 Å². The number of nitrogens with one attached hydrogen (secondary N) is 1. The van der Waals surface area contributed by atoms with Gasteiger partial charge < -0.3 is 10.1 Å². The Hall–Kier alpha value is -2.37. The van der Waals surface area contributed by atoms with Gasteiger partial charge in [-0.2, -0.15) is 0 Å². The van der Waals surface area contributed by atoms with E-state index in [1.165, 1.54) is 11.3 Å². The highest BCUT2D eigenvalue weighted by Gasteiger charge is 2.09. The number of aromatic nitrogens is 1. The fraction of sp³-hybridized carbons (Fsp3) is 0.158. The molecule has 25 heavy (non-hydrogen) atoms. The third kappa shape index (κ3) is 5.05. The Balaban J connectivity index is 1.59. The predicted octanol–water partition coefficient (Wildman–Crippen LogP) is 4.58. The minimum absolute atomic E-state index is 0.100. The molecule has 0 aliphatic rings. The summed E-state index contributed by atoms with van der Waals surface area (Å²) in [6.07, 6.45) is 2.80. The van der Waals surface area contributed by atoms with Crippen molar-refractivity contribution in [3.63, 3.8) is 0 Å². The van der Waals surface area contributed by atoms with Crippen molar-refractivity contribution in [1.29, 1.82) is 0 Å². The number of methoxy groups -OCH3 is 1. The molecule has 0 spiro atoms. The number of ether oxygens (including phenoxy) is 1. The molecule has 3 rings (SSSR count). The smallest absolute Gasteiger partial charge is 0.230 e. The van der Waals surface area contributed by atoms with E-state index >= 15 is 0 Å². The zero-order valence-corrected chi connectivity index (χ0v) is 15.2. The van der Waals surface area contributed by atoms with E-state index < -0.39 is 0 Å². The lowest BCUT2D eigenvalue weighted by molar-refractivity contribution is -0.115. The number of amides is 1. The fourth-order valence-corrected chi connectivity index (χ4v) is 3.50. The molecular formula is C19H17ClN2O2S. The lowest BCUT2D eigenvalue weighted by Gasteiger charge is -2.04. The number of rotatable bonds is 6. The van der Waals surface area contributed by atoms with Crippen LogP contribution in [0.25, 0.3) is 0 Å². The summed E-state index contributed by atoms with van der Waals surface area (Å²) in [5.74, 6) is 0.639. The van der Waals surface area contributed by atoms with Gasteiger partial charge in [0.2, 0.25) is 5.91 Å². The van der Waals surface area contributed by atoms with Crippen LogP contribution < -0.4 is 10.1 Å². The quantitative estimate of drug-likeness (QED) is 0.689. The molecule has 0 saturated heterocycles. The number of nitrogens with zero attached hydrogens (tertiary/aromatic N) is 1. The van der Waals surface area contributed by atoms with Gasteiger partial charge in [0, 0.05) is 22.5 Å². The van der Waals surface area contributed by atoms with Gasteiger partial charge in [-0.1, -0.05) is 35.9 Å². The maximum absolute atomic E-state index is 12.2. The molecule has 1 aromatic heterocycles. The average molecular weight is 373 g/mol. The molecule has 0 aliphatic carbocycles. The number of anilines is 1. The van der Waals surface area contributed by atoms with Crippen LogP contribution in [0.4, 0.5) is 5.13 Å². The van der Waals surface area contributed by atoms with Crippen LogP contribution >= 0.6 is 22.9 Å². The van der Waals surface area contributed by atoms with Crippen LogP contribution in [0.1, 0.15) is 16.0 Å². The van der Waals surface area contributed by atoms with Gasteiger partial charge in [-0.25, -0.2) is 4.98 Å². The topological polar surface area (TPSA) is 51.2 Å². The summed E-state index contributed by atoms with van der Waals surface area (Å²) >= 11 is 7.47. The summed E-state index contributed by atoms with van der Waals surface area (Å²) in [7, 11) is 1.61. The van der Waals surface area contributed by atoms with E-state index in [4.69, 9.17) is 16.3 Å². The number of halogens is 1. The van der Waals surface area contributed by atoms with Gasteiger partial charge in [-0.15, -0.1) is 11.3 Å². The Morgan fingerprint density at radius 3 is 2.80 bits per heavy atom. The number of carbonyl (C=O) groups is 1. The third-order valence-electron chi connectivity index (χ3n) is 3.57. The van der Waals surface area contributed by atoms with E-state index in [-0.39, 0.29) is 12.3 Å². The first-order chi connectivity index (χ1) is 12.1. The van der Waals surface area contributed by atoms with E-state index in [1.807, 2.05) is 48.5 Å². The monoisotopic (exact) mass is 372 g/mol. The average Bonchev–Trinajstić information content (AvgIpc) is 3.01. The maximum Gasteiger partial charge on any atom is 0.230 e. The van der Waals surface area contributed by atoms with Gasteiger partial charge in [0.1, 0.15) is 5.75 Å². The van der Waals surface area contributed by atoms with Gasteiger partial charge in [0.15, 0.2) is 5.13 Å². The van der Waals surface area contributed by atoms with E-state index in [9.17, 15) is 4.79 Å². The van der Waals surface area contributed by atoms with Crippen LogP contribution in [0.15, 0.2) is 54.7 Å². The Labute approximate surface area is 155 Å². The van der Waals surface area contributed by atoms with Crippen LogP contribution in [0.5, 0.6) is 5.75 Å². The first kappa shape index (κ1) is 17.5.